The summed E-state index contributed by atoms with van der Waals surface area (Å²) in [5.74, 6) is 0.129. The van der Waals surface area contributed by atoms with E-state index in [0.29, 0.717) is 28.9 Å². The van der Waals surface area contributed by atoms with Gasteiger partial charge in [-0.25, -0.2) is 8.42 Å². The molecule has 1 aliphatic rings. The van der Waals surface area contributed by atoms with Crippen LogP contribution in [-0.2, 0) is 14.8 Å². The van der Waals surface area contributed by atoms with Crippen LogP contribution in [0.4, 0.5) is 0 Å². The molecule has 1 aromatic carbocycles. The fourth-order valence-corrected chi connectivity index (χ4v) is 3.46. The molecule has 0 radical (unpaired) electrons. The highest BCUT2D eigenvalue weighted by atomic mass is 35.5. The molecule has 1 aromatic rings. The van der Waals surface area contributed by atoms with E-state index in [1.165, 1.54) is 4.31 Å². The fraction of sp³-hybridized carbons (Fsp3) is 0.500. The quantitative estimate of drug-likeness (QED) is 0.799. The van der Waals surface area contributed by atoms with Gasteiger partial charge in [-0.2, -0.15) is 4.31 Å². The maximum atomic E-state index is 12.4. The summed E-state index contributed by atoms with van der Waals surface area (Å²) >= 11 is 11.9. The molecule has 1 atom stereocenters. The molecule has 6 nitrogen and oxygen atoms in total. The van der Waals surface area contributed by atoms with Gasteiger partial charge in [-0.1, -0.05) is 23.2 Å². The van der Waals surface area contributed by atoms with Crippen molar-refractivity contribution in [2.45, 2.75) is 13.0 Å². The molecule has 1 amide bonds. The third-order valence-electron chi connectivity index (χ3n) is 3.56. The molecule has 1 heterocycles. The van der Waals surface area contributed by atoms with Gasteiger partial charge < -0.3 is 9.64 Å². The normalized spacial score (nSPS) is 17.8. The zero-order valence-electron chi connectivity index (χ0n) is 12.8. The summed E-state index contributed by atoms with van der Waals surface area (Å²) in [6, 6.07) is 4.78. The molecule has 1 fully saturated rings. The smallest absolute Gasteiger partial charge is 0.263 e. The van der Waals surface area contributed by atoms with Crippen LogP contribution in [0.3, 0.4) is 0 Å². The van der Waals surface area contributed by atoms with Crippen LogP contribution in [0.2, 0.25) is 10.0 Å². The Labute approximate surface area is 146 Å². The topological polar surface area (TPSA) is 66.9 Å². The van der Waals surface area contributed by atoms with Crippen molar-refractivity contribution in [3.63, 3.8) is 0 Å². The van der Waals surface area contributed by atoms with Crippen LogP contribution in [0.15, 0.2) is 18.2 Å². The van der Waals surface area contributed by atoms with E-state index < -0.39 is 16.1 Å². The van der Waals surface area contributed by atoms with E-state index in [1.54, 1.807) is 30.0 Å². The van der Waals surface area contributed by atoms with Crippen molar-refractivity contribution in [1.82, 2.24) is 9.21 Å². The van der Waals surface area contributed by atoms with Crippen LogP contribution in [0.5, 0.6) is 5.75 Å². The highest BCUT2D eigenvalue weighted by molar-refractivity contribution is 7.88. The van der Waals surface area contributed by atoms with Crippen molar-refractivity contribution < 1.29 is 17.9 Å². The van der Waals surface area contributed by atoms with Crippen molar-refractivity contribution in [3.05, 3.63) is 28.2 Å². The number of rotatable bonds is 4. The molecular weight excluding hydrogens is 363 g/mol. The molecule has 0 bridgehead atoms. The molecule has 2 rings (SSSR count). The largest absolute Gasteiger partial charge is 0.479 e. The Morgan fingerprint density at radius 3 is 2.39 bits per heavy atom. The van der Waals surface area contributed by atoms with Gasteiger partial charge in [0.15, 0.2) is 6.10 Å². The molecule has 0 spiro atoms. The average Bonchev–Trinajstić information content (AvgIpc) is 2.49. The van der Waals surface area contributed by atoms with Gasteiger partial charge in [0.05, 0.1) is 11.3 Å². The second kappa shape index (κ2) is 7.25. The van der Waals surface area contributed by atoms with E-state index in [2.05, 4.69) is 0 Å². The fourth-order valence-electron chi connectivity index (χ4n) is 2.31. The molecule has 23 heavy (non-hydrogen) atoms. The van der Waals surface area contributed by atoms with Crippen molar-refractivity contribution in [3.8, 4) is 5.75 Å². The molecule has 0 saturated carbocycles. The number of benzene rings is 1. The predicted octanol–water partition coefficient (Wildman–Crippen LogP) is 1.86. The van der Waals surface area contributed by atoms with Crippen LogP contribution < -0.4 is 4.74 Å². The highest BCUT2D eigenvalue weighted by Gasteiger charge is 2.29. The summed E-state index contributed by atoms with van der Waals surface area (Å²) in [6.45, 7) is 2.87. The SMILES string of the molecule is C[C@@H](Oc1cc(Cl)ccc1Cl)C(=O)N1CCN(S(C)(=O)=O)CC1. The van der Waals surface area contributed by atoms with Crippen LogP contribution in [-0.4, -0.2) is 62.1 Å². The first-order valence-corrected chi connectivity index (χ1v) is 9.64. The molecule has 0 N–H and O–H groups in total. The first kappa shape index (κ1) is 18.3. The Hall–Kier alpha value is -1.02. The predicted molar refractivity (Wildman–Crippen MR) is 89.5 cm³/mol. The first-order chi connectivity index (χ1) is 10.7. The number of ether oxygens (including phenoxy) is 1. The lowest BCUT2D eigenvalue weighted by Crippen LogP contribution is -2.53. The summed E-state index contributed by atoms with van der Waals surface area (Å²) < 4.78 is 29.9. The van der Waals surface area contributed by atoms with Crippen LogP contribution >= 0.6 is 23.2 Å². The number of hydrogen-bond donors (Lipinski definition) is 0. The standard InChI is InChI=1S/C14H18Cl2N2O4S/c1-10(22-13-9-11(15)3-4-12(13)16)14(19)17-5-7-18(8-6-17)23(2,20)21/h3-4,9-10H,5-8H2,1-2H3/t10-/m1/s1. The van der Waals surface area contributed by atoms with E-state index >= 15 is 0 Å². The second-order valence-corrected chi connectivity index (χ2v) is 8.15. The number of nitrogens with zero attached hydrogens (tertiary/aromatic N) is 2. The minimum absolute atomic E-state index is 0.214. The van der Waals surface area contributed by atoms with Gasteiger partial charge in [-0.15, -0.1) is 0 Å². The van der Waals surface area contributed by atoms with Crippen molar-refractivity contribution >= 4 is 39.1 Å². The van der Waals surface area contributed by atoms with Gasteiger partial charge in [-0.3, -0.25) is 4.79 Å². The minimum Gasteiger partial charge on any atom is -0.479 e. The van der Waals surface area contributed by atoms with Crippen LogP contribution in [0.1, 0.15) is 6.92 Å². The molecule has 0 aliphatic carbocycles. The van der Waals surface area contributed by atoms with E-state index in [0.717, 1.165) is 6.26 Å². The maximum Gasteiger partial charge on any atom is 0.263 e. The number of hydrogen-bond acceptors (Lipinski definition) is 4. The number of sulfonamides is 1. The van der Waals surface area contributed by atoms with E-state index in [-0.39, 0.29) is 19.0 Å². The monoisotopic (exact) mass is 380 g/mol. The Kier molecular flexibility index (Phi) is 5.78. The van der Waals surface area contributed by atoms with Gasteiger partial charge in [-0.05, 0) is 19.1 Å². The molecule has 128 valence electrons. The lowest BCUT2D eigenvalue weighted by Gasteiger charge is -2.34. The van der Waals surface area contributed by atoms with Crippen molar-refractivity contribution in [2.24, 2.45) is 0 Å². The Morgan fingerprint density at radius 2 is 1.83 bits per heavy atom. The zero-order chi connectivity index (χ0) is 17.2. The Morgan fingerprint density at radius 1 is 1.22 bits per heavy atom. The summed E-state index contributed by atoms with van der Waals surface area (Å²) in [4.78, 5) is 14.0. The van der Waals surface area contributed by atoms with Gasteiger partial charge in [0, 0.05) is 37.3 Å². The number of piperazine rings is 1. The Bertz CT molecular complexity index is 688. The summed E-state index contributed by atoms with van der Waals surface area (Å²) in [5.41, 5.74) is 0. The molecule has 9 heteroatoms. The summed E-state index contributed by atoms with van der Waals surface area (Å²) in [7, 11) is -3.22. The zero-order valence-corrected chi connectivity index (χ0v) is 15.2. The lowest BCUT2D eigenvalue weighted by atomic mass is 10.2. The molecule has 1 saturated heterocycles. The van der Waals surface area contributed by atoms with Gasteiger partial charge in [0.2, 0.25) is 10.0 Å². The Balaban J connectivity index is 1.97. The van der Waals surface area contributed by atoms with Crippen molar-refractivity contribution in [2.75, 3.05) is 32.4 Å². The highest BCUT2D eigenvalue weighted by Crippen LogP contribution is 2.28. The van der Waals surface area contributed by atoms with Gasteiger partial charge >= 0.3 is 0 Å². The van der Waals surface area contributed by atoms with Crippen molar-refractivity contribution in [1.29, 1.82) is 0 Å². The first-order valence-electron chi connectivity index (χ1n) is 7.04. The number of carbonyl (C=O) groups excluding carboxylic acids is 1. The third kappa shape index (κ3) is 4.73. The molecule has 1 aliphatic heterocycles. The van der Waals surface area contributed by atoms with E-state index in [9.17, 15) is 13.2 Å². The molecule has 0 aromatic heterocycles. The van der Waals surface area contributed by atoms with Crippen LogP contribution in [0, 0.1) is 0 Å². The van der Waals surface area contributed by atoms with Gasteiger partial charge in [0.25, 0.3) is 5.91 Å². The lowest BCUT2D eigenvalue weighted by molar-refractivity contribution is -0.139. The third-order valence-corrected chi connectivity index (χ3v) is 5.41. The average molecular weight is 381 g/mol. The van der Waals surface area contributed by atoms with E-state index in [1.807, 2.05) is 0 Å². The number of halogens is 2. The molecular formula is C14H18Cl2N2O4S. The number of amides is 1. The minimum atomic E-state index is -3.22. The number of carbonyl (C=O) groups is 1. The van der Waals surface area contributed by atoms with E-state index in [4.69, 9.17) is 27.9 Å². The summed E-state index contributed by atoms with van der Waals surface area (Å²) in [5, 5.41) is 0.835. The summed E-state index contributed by atoms with van der Waals surface area (Å²) in [6.07, 6.45) is 0.424. The van der Waals surface area contributed by atoms with Gasteiger partial charge in [0.1, 0.15) is 5.75 Å². The molecule has 0 unspecified atom stereocenters. The maximum absolute atomic E-state index is 12.4. The second-order valence-electron chi connectivity index (χ2n) is 5.32. The van der Waals surface area contributed by atoms with Crippen LogP contribution in [0.25, 0.3) is 0 Å².